The zero-order valence-electron chi connectivity index (χ0n) is 15.8. The second-order valence-electron chi connectivity index (χ2n) is 6.84. The summed E-state index contributed by atoms with van der Waals surface area (Å²) in [6.07, 6.45) is 2.31. The first-order valence-corrected chi connectivity index (χ1v) is 10.7. The van der Waals surface area contributed by atoms with Crippen molar-refractivity contribution in [2.24, 2.45) is 0 Å². The van der Waals surface area contributed by atoms with Crippen molar-refractivity contribution in [1.82, 2.24) is 24.2 Å². The number of nitrogens with zero attached hydrogens (tertiary/aromatic N) is 4. The van der Waals surface area contributed by atoms with Crippen molar-refractivity contribution in [3.05, 3.63) is 47.9 Å². The van der Waals surface area contributed by atoms with Gasteiger partial charge in [-0.3, -0.25) is 4.57 Å². The van der Waals surface area contributed by atoms with Gasteiger partial charge in [0.2, 0.25) is 10.0 Å². The fourth-order valence-corrected chi connectivity index (χ4v) is 4.04. The third-order valence-electron chi connectivity index (χ3n) is 4.81. The fourth-order valence-electron chi connectivity index (χ4n) is 3.22. The Morgan fingerprint density at radius 2 is 2.07 bits per heavy atom. The van der Waals surface area contributed by atoms with Crippen LogP contribution in [0.2, 0.25) is 0 Å². The SMILES string of the molecule is Nc1ccccc1/C=C/S(=O)(=O)NC[C@H]1O[C@@H](n2cnc3c(N)ncnc32)C[C@@H]1O. The number of aliphatic hydroxyl groups is 1. The van der Waals surface area contributed by atoms with E-state index in [-0.39, 0.29) is 18.8 Å². The maximum absolute atomic E-state index is 12.3. The number of hydrogen-bond acceptors (Lipinski definition) is 9. The average Bonchev–Trinajstić information content (AvgIpc) is 3.30. The Labute approximate surface area is 172 Å². The average molecular weight is 431 g/mol. The Morgan fingerprint density at radius 3 is 2.87 bits per heavy atom. The second-order valence-corrected chi connectivity index (χ2v) is 8.49. The first-order valence-electron chi connectivity index (χ1n) is 9.13. The van der Waals surface area contributed by atoms with E-state index in [1.807, 2.05) is 0 Å². The molecule has 0 aliphatic carbocycles. The molecule has 0 radical (unpaired) electrons. The molecule has 12 heteroatoms. The van der Waals surface area contributed by atoms with Crippen LogP contribution in [0.4, 0.5) is 11.5 Å². The monoisotopic (exact) mass is 431 g/mol. The molecule has 0 bridgehead atoms. The van der Waals surface area contributed by atoms with Gasteiger partial charge in [0.15, 0.2) is 11.5 Å². The number of hydrogen-bond donors (Lipinski definition) is 4. The lowest BCUT2D eigenvalue weighted by Crippen LogP contribution is -2.36. The molecule has 0 unspecified atom stereocenters. The lowest BCUT2D eigenvalue weighted by Gasteiger charge is -2.16. The summed E-state index contributed by atoms with van der Waals surface area (Å²) in [5.74, 6) is 0.243. The summed E-state index contributed by atoms with van der Waals surface area (Å²) in [4.78, 5) is 12.2. The van der Waals surface area contributed by atoms with E-state index in [9.17, 15) is 13.5 Å². The van der Waals surface area contributed by atoms with Gasteiger partial charge in [-0.25, -0.2) is 28.1 Å². The van der Waals surface area contributed by atoms with Crippen molar-refractivity contribution in [2.45, 2.75) is 24.9 Å². The summed E-state index contributed by atoms with van der Waals surface area (Å²) in [7, 11) is -3.75. The van der Waals surface area contributed by atoms with E-state index in [1.54, 1.807) is 28.8 Å². The number of nitrogens with two attached hydrogens (primary N) is 2. The van der Waals surface area contributed by atoms with Gasteiger partial charge in [-0.05, 0) is 17.7 Å². The van der Waals surface area contributed by atoms with E-state index >= 15 is 0 Å². The summed E-state index contributed by atoms with van der Waals surface area (Å²) in [5.41, 5.74) is 13.6. The highest BCUT2D eigenvalue weighted by molar-refractivity contribution is 7.92. The molecule has 3 aromatic rings. The van der Waals surface area contributed by atoms with Gasteiger partial charge in [0, 0.05) is 24.1 Å². The lowest BCUT2D eigenvalue weighted by atomic mass is 10.2. The van der Waals surface area contributed by atoms with Gasteiger partial charge in [-0.15, -0.1) is 0 Å². The highest BCUT2D eigenvalue weighted by Gasteiger charge is 2.36. The molecule has 3 atom stereocenters. The molecule has 1 aliphatic heterocycles. The van der Waals surface area contributed by atoms with Gasteiger partial charge < -0.3 is 21.3 Å². The molecule has 1 aliphatic rings. The molecular weight excluding hydrogens is 410 g/mol. The van der Waals surface area contributed by atoms with Gasteiger partial charge in [0.1, 0.15) is 18.1 Å². The standard InChI is InChI=1S/C18H21N7O4S/c19-12-4-2-1-3-11(12)5-6-30(27,28)24-8-14-13(26)7-15(29-14)25-10-23-16-17(20)21-9-22-18(16)25/h1-6,9-10,13-15,24,26H,7-8,19H2,(H2,20,21,22)/b6-5+/t13-,14+,15+/m0/s1. The first kappa shape index (κ1) is 20.2. The summed E-state index contributed by atoms with van der Waals surface area (Å²) in [5, 5.41) is 11.4. The van der Waals surface area contributed by atoms with Crippen LogP contribution < -0.4 is 16.2 Å². The lowest BCUT2D eigenvalue weighted by molar-refractivity contribution is -0.0132. The van der Waals surface area contributed by atoms with Crippen molar-refractivity contribution in [3.63, 3.8) is 0 Å². The van der Waals surface area contributed by atoms with Crippen LogP contribution in [-0.4, -0.2) is 51.8 Å². The minimum absolute atomic E-state index is 0.0988. The normalized spacial score (nSPS) is 22.2. The third kappa shape index (κ3) is 4.11. The smallest absolute Gasteiger partial charge is 0.233 e. The summed E-state index contributed by atoms with van der Waals surface area (Å²) in [6.45, 7) is -0.0988. The maximum Gasteiger partial charge on any atom is 0.233 e. The number of aliphatic hydroxyl groups excluding tert-OH is 1. The van der Waals surface area contributed by atoms with E-state index in [2.05, 4.69) is 19.7 Å². The molecule has 1 fully saturated rings. The zero-order chi connectivity index (χ0) is 21.3. The van der Waals surface area contributed by atoms with Crippen molar-refractivity contribution < 1.29 is 18.3 Å². The van der Waals surface area contributed by atoms with Gasteiger partial charge in [0.25, 0.3) is 0 Å². The second kappa shape index (κ2) is 7.99. The number of nitrogens with one attached hydrogen (secondary N) is 1. The Morgan fingerprint density at radius 1 is 1.27 bits per heavy atom. The maximum atomic E-state index is 12.3. The Bertz CT molecular complexity index is 1190. The van der Waals surface area contributed by atoms with Gasteiger partial charge >= 0.3 is 0 Å². The van der Waals surface area contributed by atoms with Gasteiger partial charge in [-0.1, -0.05) is 18.2 Å². The predicted molar refractivity (Wildman–Crippen MR) is 111 cm³/mol. The number of ether oxygens (including phenoxy) is 1. The van der Waals surface area contributed by atoms with E-state index < -0.39 is 28.5 Å². The summed E-state index contributed by atoms with van der Waals surface area (Å²) < 4.78 is 34.5. The molecule has 2 aromatic heterocycles. The molecule has 3 heterocycles. The molecule has 1 saturated heterocycles. The highest BCUT2D eigenvalue weighted by atomic mass is 32.2. The van der Waals surface area contributed by atoms with Crippen LogP contribution in [0.5, 0.6) is 0 Å². The van der Waals surface area contributed by atoms with Crippen LogP contribution in [0.1, 0.15) is 18.2 Å². The number of rotatable bonds is 6. The van der Waals surface area contributed by atoms with E-state index in [4.69, 9.17) is 16.2 Å². The van der Waals surface area contributed by atoms with E-state index in [1.165, 1.54) is 18.7 Å². The Balaban J connectivity index is 1.42. The number of anilines is 2. The molecular formula is C18H21N7O4S. The summed E-state index contributed by atoms with van der Waals surface area (Å²) >= 11 is 0. The molecule has 0 spiro atoms. The Kier molecular flexibility index (Phi) is 5.39. The van der Waals surface area contributed by atoms with Gasteiger partial charge in [0.05, 0.1) is 18.5 Å². The number of imidazole rings is 1. The minimum atomic E-state index is -3.75. The molecule has 11 nitrogen and oxygen atoms in total. The van der Waals surface area contributed by atoms with E-state index in [0.29, 0.717) is 22.4 Å². The Hall–Kier alpha value is -3.06. The van der Waals surface area contributed by atoms with E-state index in [0.717, 1.165) is 5.41 Å². The van der Waals surface area contributed by atoms with Crippen LogP contribution in [-0.2, 0) is 14.8 Å². The highest BCUT2D eigenvalue weighted by Crippen LogP contribution is 2.31. The molecule has 6 N–H and O–H groups in total. The number of nitrogen functional groups attached to an aromatic ring is 2. The molecule has 30 heavy (non-hydrogen) atoms. The van der Waals surface area contributed by atoms with Crippen molar-refractivity contribution in [1.29, 1.82) is 0 Å². The number of sulfonamides is 1. The molecule has 0 saturated carbocycles. The van der Waals surface area contributed by atoms with Crippen molar-refractivity contribution in [2.75, 3.05) is 18.0 Å². The molecule has 158 valence electrons. The molecule has 4 rings (SSSR count). The van der Waals surface area contributed by atoms with Crippen LogP contribution in [0.15, 0.2) is 42.3 Å². The topological polar surface area (TPSA) is 171 Å². The number of aromatic nitrogens is 4. The number of fused-ring (bicyclic) bond motifs is 1. The summed E-state index contributed by atoms with van der Waals surface area (Å²) in [6, 6.07) is 6.91. The van der Waals surface area contributed by atoms with Gasteiger partial charge in [-0.2, -0.15) is 0 Å². The van der Waals surface area contributed by atoms with Crippen LogP contribution in [0.25, 0.3) is 17.2 Å². The quantitative estimate of drug-likeness (QED) is 0.399. The molecule has 1 aromatic carbocycles. The third-order valence-corrected chi connectivity index (χ3v) is 5.87. The zero-order valence-corrected chi connectivity index (χ0v) is 16.6. The van der Waals surface area contributed by atoms with Crippen LogP contribution >= 0.6 is 0 Å². The predicted octanol–water partition coefficient (Wildman–Crippen LogP) is 0.229. The first-order chi connectivity index (χ1) is 14.3. The minimum Gasteiger partial charge on any atom is -0.398 e. The van der Waals surface area contributed by atoms with Crippen molar-refractivity contribution >= 4 is 38.8 Å². The number of para-hydroxylation sites is 1. The number of benzene rings is 1. The largest absolute Gasteiger partial charge is 0.398 e. The molecule has 0 amide bonds. The van der Waals surface area contributed by atoms with Crippen molar-refractivity contribution in [3.8, 4) is 0 Å². The van der Waals surface area contributed by atoms with Crippen LogP contribution in [0, 0.1) is 0 Å². The fraction of sp³-hybridized carbons (Fsp3) is 0.278. The van der Waals surface area contributed by atoms with Crippen LogP contribution in [0.3, 0.4) is 0 Å².